The van der Waals surface area contributed by atoms with Gasteiger partial charge in [-0.3, -0.25) is 4.79 Å². The lowest BCUT2D eigenvalue weighted by Gasteiger charge is -2.39. The molecule has 1 aliphatic heterocycles. The van der Waals surface area contributed by atoms with E-state index >= 15 is 0 Å². The number of fused-ring (bicyclic) bond motifs is 1. The normalized spacial score (nSPS) is 17.2. The summed E-state index contributed by atoms with van der Waals surface area (Å²) < 4.78 is 36.2. The molecule has 0 atom stereocenters. The third-order valence-corrected chi connectivity index (χ3v) is 10.4. The minimum atomic E-state index is -3.86. The molecule has 2 aromatic carbocycles. The van der Waals surface area contributed by atoms with Gasteiger partial charge in [0, 0.05) is 26.1 Å². The maximum Gasteiger partial charge on any atom is 0.239 e. The number of aryl methyl sites for hydroxylation is 1. The van der Waals surface area contributed by atoms with Crippen LogP contribution >= 0.6 is 0 Å². The number of carbonyl (C=O) groups excluding carboxylic acids is 1. The summed E-state index contributed by atoms with van der Waals surface area (Å²) in [7, 11) is -3.86. The third kappa shape index (κ3) is 7.23. The lowest BCUT2D eigenvalue weighted by molar-refractivity contribution is -0.121. The van der Waals surface area contributed by atoms with E-state index in [9.17, 15) is 13.2 Å². The van der Waals surface area contributed by atoms with Crippen molar-refractivity contribution < 1.29 is 22.4 Å². The van der Waals surface area contributed by atoms with Crippen molar-refractivity contribution in [1.29, 1.82) is 0 Å². The molecule has 218 valence electrons. The number of ether oxygens (including phenoxy) is 1. The number of carbonyl (C=O) groups is 1. The second-order valence-corrected chi connectivity index (χ2v) is 13.2. The Hall–Kier alpha value is -2.91. The number of hydrogen-bond acceptors (Lipinski definition) is 7. The van der Waals surface area contributed by atoms with Crippen LogP contribution in [0.5, 0.6) is 5.75 Å². The van der Waals surface area contributed by atoms with Crippen LogP contribution in [0.25, 0.3) is 11.1 Å². The quantitative estimate of drug-likeness (QED) is 0.285. The Kier molecular flexibility index (Phi) is 10.2. The number of unbranched alkanes of at least 4 members (excludes halogenated alkanes) is 2. The number of nitrogens with zero attached hydrogens (tertiary/aromatic N) is 2. The first kappa shape index (κ1) is 30.1. The van der Waals surface area contributed by atoms with Crippen LogP contribution in [0.1, 0.15) is 71.1 Å². The summed E-state index contributed by atoms with van der Waals surface area (Å²) in [6, 6.07) is 14.2. The Balaban J connectivity index is 0.000000236. The average molecular weight is 570 g/mol. The number of likely N-dealkylation sites (tertiary alicyclic amines) is 1. The van der Waals surface area contributed by atoms with Crippen LogP contribution in [0, 0.1) is 5.92 Å². The Morgan fingerprint density at radius 2 is 1.73 bits per heavy atom. The highest BCUT2D eigenvalue weighted by molar-refractivity contribution is 7.93. The number of para-hydroxylation sites is 2. The van der Waals surface area contributed by atoms with Crippen LogP contribution in [-0.2, 0) is 21.1 Å². The predicted molar refractivity (Wildman–Crippen MR) is 157 cm³/mol. The second-order valence-electron chi connectivity index (χ2n) is 11.0. The number of piperidine rings is 1. The van der Waals surface area contributed by atoms with Crippen LogP contribution in [0.2, 0.25) is 0 Å². The van der Waals surface area contributed by atoms with Gasteiger partial charge in [-0.25, -0.2) is 13.4 Å². The molecule has 0 bridgehead atoms. The molecule has 5 rings (SSSR count). The number of primary amides is 1. The van der Waals surface area contributed by atoms with Gasteiger partial charge in [0.15, 0.2) is 26.1 Å². The molecule has 1 aliphatic carbocycles. The fraction of sp³-hybridized carbons (Fsp3) is 0.548. The highest BCUT2D eigenvalue weighted by Gasteiger charge is 2.52. The van der Waals surface area contributed by atoms with Gasteiger partial charge in [-0.05, 0) is 80.8 Å². The van der Waals surface area contributed by atoms with Crippen molar-refractivity contribution in [3.8, 4) is 5.75 Å². The number of oxazole rings is 1. The summed E-state index contributed by atoms with van der Waals surface area (Å²) in [5.74, 6) is 1.50. The number of amides is 1. The lowest BCUT2D eigenvalue weighted by atomic mass is 9.95. The van der Waals surface area contributed by atoms with E-state index in [-0.39, 0.29) is 17.7 Å². The van der Waals surface area contributed by atoms with E-state index in [1.54, 1.807) is 12.1 Å². The summed E-state index contributed by atoms with van der Waals surface area (Å²) in [4.78, 5) is 19.1. The van der Waals surface area contributed by atoms with Crippen LogP contribution in [0.3, 0.4) is 0 Å². The van der Waals surface area contributed by atoms with Crippen molar-refractivity contribution >= 4 is 26.8 Å². The maximum atomic E-state index is 13.3. The first-order chi connectivity index (χ1) is 19.3. The summed E-state index contributed by atoms with van der Waals surface area (Å²) in [6.45, 7) is 7.04. The van der Waals surface area contributed by atoms with E-state index < -0.39 is 20.5 Å². The van der Waals surface area contributed by atoms with E-state index in [0.29, 0.717) is 25.4 Å². The molecule has 40 heavy (non-hydrogen) atoms. The zero-order chi connectivity index (χ0) is 28.6. The van der Waals surface area contributed by atoms with Crippen LogP contribution < -0.4 is 10.5 Å². The van der Waals surface area contributed by atoms with Crippen molar-refractivity contribution in [3.05, 3.63) is 54.4 Å². The fourth-order valence-electron chi connectivity index (χ4n) is 5.04. The lowest BCUT2D eigenvalue weighted by Crippen LogP contribution is -2.57. The molecule has 1 saturated carbocycles. The molecule has 2 fully saturated rings. The molecule has 2 aliphatic rings. The van der Waals surface area contributed by atoms with Crippen molar-refractivity contribution in [1.82, 2.24) is 9.88 Å². The van der Waals surface area contributed by atoms with Gasteiger partial charge in [0.25, 0.3) is 0 Å². The monoisotopic (exact) mass is 569 g/mol. The van der Waals surface area contributed by atoms with Crippen LogP contribution in [0.15, 0.2) is 57.8 Å². The van der Waals surface area contributed by atoms with Crippen molar-refractivity contribution in [3.63, 3.8) is 0 Å². The zero-order valence-corrected chi connectivity index (χ0v) is 24.6. The summed E-state index contributed by atoms with van der Waals surface area (Å²) in [5, 5.41) is 0. The molecule has 3 aromatic rings. The molecule has 0 radical (unpaired) electrons. The van der Waals surface area contributed by atoms with E-state index in [0.717, 1.165) is 55.1 Å². The number of sulfone groups is 1. The van der Waals surface area contributed by atoms with E-state index in [4.69, 9.17) is 14.9 Å². The number of nitrogens with two attached hydrogens (primary N) is 1. The first-order valence-electron chi connectivity index (χ1n) is 14.6. The maximum absolute atomic E-state index is 13.3. The molecule has 9 heteroatoms. The molecule has 0 spiro atoms. The van der Waals surface area contributed by atoms with Gasteiger partial charge >= 0.3 is 0 Å². The molecule has 1 saturated heterocycles. The molecular weight excluding hydrogens is 526 g/mol. The van der Waals surface area contributed by atoms with E-state index in [1.807, 2.05) is 24.3 Å². The number of rotatable bonds is 12. The number of hydrogen-bond donors (Lipinski definition) is 1. The minimum Gasteiger partial charge on any atom is -0.494 e. The van der Waals surface area contributed by atoms with Gasteiger partial charge in [0.05, 0.1) is 11.5 Å². The molecular formula is C31H43N3O5S. The van der Waals surface area contributed by atoms with E-state index in [1.165, 1.54) is 31.4 Å². The van der Waals surface area contributed by atoms with Crippen LogP contribution in [0.4, 0.5) is 0 Å². The average Bonchev–Trinajstić information content (AvgIpc) is 3.68. The van der Waals surface area contributed by atoms with Crippen molar-refractivity contribution in [2.24, 2.45) is 11.7 Å². The minimum absolute atomic E-state index is 0.139. The van der Waals surface area contributed by atoms with Crippen molar-refractivity contribution in [2.45, 2.75) is 81.3 Å². The van der Waals surface area contributed by atoms with Gasteiger partial charge in [-0.15, -0.1) is 0 Å². The number of benzene rings is 2. The molecule has 0 unspecified atom stereocenters. The van der Waals surface area contributed by atoms with Crippen LogP contribution in [-0.4, -0.2) is 55.2 Å². The third-order valence-electron chi connectivity index (χ3n) is 7.82. The Morgan fingerprint density at radius 1 is 1.05 bits per heavy atom. The number of aromatic nitrogens is 1. The van der Waals surface area contributed by atoms with Gasteiger partial charge < -0.3 is 19.8 Å². The van der Waals surface area contributed by atoms with Crippen molar-refractivity contribution in [2.75, 3.05) is 26.2 Å². The SMILES string of the molecule is CCCCOc1ccc(S(=O)(=O)C2(C(N)=O)CCN(CC3CC3)CC2)cc1.CCCCc1nc2ccccc2o1. The Morgan fingerprint density at radius 3 is 2.33 bits per heavy atom. The van der Waals surface area contributed by atoms with Gasteiger partial charge in [0.2, 0.25) is 5.91 Å². The summed E-state index contributed by atoms with van der Waals surface area (Å²) in [6.07, 6.45) is 8.27. The molecule has 1 amide bonds. The topological polar surface area (TPSA) is 116 Å². The molecule has 8 nitrogen and oxygen atoms in total. The smallest absolute Gasteiger partial charge is 0.239 e. The fourth-order valence-corrected chi connectivity index (χ4v) is 6.97. The van der Waals surface area contributed by atoms with Gasteiger partial charge in [-0.2, -0.15) is 0 Å². The largest absolute Gasteiger partial charge is 0.494 e. The highest BCUT2D eigenvalue weighted by Crippen LogP contribution is 2.38. The molecule has 2 N–H and O–H groups in total. The second kappa shape index (κ2) is 13.6. The molecule has 1 aromatic heterocycles. The molecule has 2 heterocycles. The Bertz CT molecular complexity index is 1310. The predicted octanol–water partition coefficient (Wildman–Crippen LogP) is 5.54. The van der Waals surface area contributed by atoms with E-state index in [2.05, 4.69) is 23.7 Å². The summed E-state index contributed by atoms with van der Waals surface area (Å²) >= 11 is 0. The Labute approximate surface area is 238 Å². The summed E-state index contributed by atoms with van der Waals surface area (Å²) in [5.41, 5.74) is 7.50. The van der Waals surface area contributed by atoms with Gasteiger partial charge in [0.1, 0.15) is 11.3 Å². The highest BCUT2D eigenvalue weighted by atomic mass is 32.2. The first-order valence-corrected chi connectivity index (χ1v) is 16.1. The standard InChI is InChI=1S/C20H30N2O4S.C11H13NO/c1-2-3-14-26-17-6-8-18(9-7-17)27(24,25)20(19(21)23)10-12-22(13-11-20)15-16-4-5-16;1-2-3-8-11-12-9-6-4-5-7-10(9)13-11/h6-9,16H,2-5,10-15H2,1H3,(H2,21,23);4-7H,2-3,8H2,1H3. The van der Waals surface area contributed by atoms with Gasteiger partial charge in [-0.1, -0.05) is 38.8 Å². The zero-order valence-electron chi connectivity index (χ0n) is 23.8.